The monoisotopic (exact) mass is 293 g/mol. The van der Waals surface area contributed by atoms with E-state index in [9.17, 15) is 0 Å². The van der Waals surface area contributed by atoms with Gasteiger partial charge in [-0.25, -0.2) is 9.67 Å². The summed E-state index contributed by atoms with van der Waals surface area (Å²) in [7, 11) is 2.12. The summed E-state index contributed by atoms with van der Waals surface area (Å²) in [6, 6.07) is 14.7. The Morgan fingerprint density at radius 2 is 1.95 bits per heavy atom. The third kappa shape index (κ3) is 3.20. The molecule has 0 saturated heterocycles. The Morgan fingerprint density at radius 1 is 1.14 bits per heavy atom. The van der Waals surface area contributed by atoms with Crippen molar-refractivity contribution in [1.29, 1.82) is 0 Å². The van der Waals surface area contributed by atoms with Gasteiger partial charge in [-0.2, -0.15) is 5.10 Å². The molecule has 0 radical (unpaired) electrons. The van der Waals surface area contributed by atoms with Gasteiger partial charge in [-0.3, -0.25) is 9.88 Å². The molecule has 1 aromatic carbocycles. The van der Waals surface area contributed by atoms with Crippen LogP contribution < -0.4 is 0 Å². The van der Waals surface area contributed by atoms with Crippen LogP contribution in [0.5, 0.6) is 0 Å². The second-order valence-electron chi connectivity index (χ2n) is 5.35. The highest BCUT2D eigenvalue weighted by molar-refractivity contribution is 5.33. The summed E-state index contributed by atoms with van der Waals surface area (Å²) in [4.78, 5) is 10.7. The number of nitrogens with zero attached hydrogens (tertiary/aromatic N) is 5. The lowest BCUT2D eigenvalue weighted by atomic mass is 10.1. The summed E-state index contributed by atoms with van der Waals surface area (Å²) in [5.41, 5.74) is 3.36. The van der Waals surface area contributed by atoms with Gasteiger partial charge in [0.1, 0.15) is 12.7 Å². The fourth-order valence-corrected chi connectivity index (χ4v) is 2.37. The lowest BCUT2D eigenvalue weighted by molar-refractivity contribution is 0.248. The average molecular weight is 293 g/mol. The zero-order valence-corrected chi connectivity index (χ0v) is 12.8. The van der Waals surface area contributed by atoms with Gasteiger partial charge in [0, 0.05) is 18.8 Å². The minimum Gasteiger partial charge on any atom is -0.294 e. The first-order valence-electron chi connectivity index (χ1n) is 7.29. The van der Waals surface area contributed by atoms with E-state index in [1.165, 1.54) is 11.9 Å². The van der Waals surface area contributed by atoms with Crippen LogP contribution in [0.3, 0.4) is 0 Å². The molecule has 3 rings (SSSR count). The molecule has 0 saturated carbocycles. The van der Waals surface area contributed by atoms with Gasteiger partial charge < -0.3 is 0 Å². The van der Waals surface area contributed by atoms with Crippen LogP contribution >= 0.6 is 0 Å². The quantitative estimate of drug-likeness (QED) is 0.725. The van der Waals surface area contributed by atoms with Crippen LogP contribution in [0.25, 0.3) is 5.69 Å². The molecule has 1 atom stereocenters. The first-order chi connectivity index (χ1) is 10.7. The summed E-state index contributed by atoms with van der Waals surface area (Å²) >= 11 is 0. The maximum absolute atomic E-state index is 4.43. The molecule has 0 unspecified atom stereocenters. The zero-order valence-electron chi connectivity index (χ0n) is 12.8. The SMILES string of the molecule is C[C@@H](c1ccccn1)N(C)Cc1ccc(-n2cncn2)cc1. The Morgan fingerprint density at radius 3 is 2.59 bits per heavy atom. The maximum Gasteiger partial charge on any atom is 0.138 e. The molecule has 112 valence electrons. The van der Waals surface area contributed by atoms with Gasteiger partial charge in [-0.15, -0.1) is 0 Å². The van der Waals surface area contributed by atoms with Crippen molar-refractivity contribution in [3.63, 3.8) is 0 Å². The topological polar surface area (TPSA) is 46.8 Å². The minimum absolute atomic E-state index is 0.274. The molecule has 0 spiro atoms. The van der Waals surface area contributed by atoms with Crippen molar-refractivity contribution in [1.82, 2.24) is 24.6 Å². The number of hydrogen-bond donors (Lipinski definition) is 0. The number of hydrogen-bond acceptors (Lipinski definition) is 4. The van der Waals surface area contributed by atoms with Gasteiger partial charge in [0.15, 0.2) is 0 Å². The minimum atomic E-state index is 0.274. The van der Waals surface area contributed by atoms with E-state index in [1.54, 1.807) is 11.0 Å². The third-order valence-corrected chi connectivity index (χ3v) is 3.83. The molecule has 3 aromatic rings. The number of aromatic nitrogens is 4. The van der Waals surface area contributed by atoms with Gasteiger partial charge >= 0.3 is 0 Å². The molecule has 0 amide bonds. The zero-order chi connectivity index (χ0) is 15.4. The largest absolute Gasteiger partial charge is 0.294 e. The molecule has 5 heteroatoms. The van der Waals surface area contributed by atoms with Gasteiger partial charge in [-0.1, -0.05) is 18.2 Å². The average Bonchev–Trinajstić information content (AvgIpc) is 3.10. The second-order valence-corrected chi connectivity index (χ2v) is 5.35. The Balaban J connectivity index is 1.68. The van der Waals surface area contributed by atoms with Crippen LogP contribution in [0.2, 0.25) is 0 Å². The van der Waals surface area contributed by atoms with Crippen molar-refractivity contribution in [2.75, 3.05) is 7.05 Å². The molecule has 0 aliphatic carbocycles. The molecular weight excluding hydrogens is 274 g/mol. The Bertz CT molecular complexity index is 692. The molecule has 0 fully saturated rings. The van der Waals surface area contributed by atoms with Crippen molar-refractivity contribution in [2.24, 2.45) is 0 Å². The molecule has 0 bridgehead atoms. The van der Waals surface area contributed by atoms with Gasteiger partial charge in [0.2, 0.25) is 0 Å². The number of rotatable bonds is 5. The van der Waals surface area contributed by atoms with Crippen molar-refractivity contribution in [3.8, 4) is 5.69 Å². The first-order valence-corrected chi connectivity index (χ1v) is 7.29. The van der Waals surface area contributed by atoms with E-state index in [2.05, 4.69) is 64.3 Å². The first kappa shape index (κ1) is 14.4. The lowest BCUT2D eigenvalue weighted by Gasteiger charge is -2.24. The smallest absolute Gasteiger partial charge is 0.138 e. The number of benzene rings is 1. The Kier molecular flexibility index (Phi) is 4.25. The normalized spacial score (nSPS) is 12.5. The van der Waals surface area contributed by atoms with Crippen LogP contribution in [-0.2, 0) is 6.54 Å². The lowest BCUT2D eigenvalue weighted by Crippen LogP contribution is -2.22. The van der Waals surface area contributed by atoms with E-state index in [1.807, 2.05) is 18.3 Å². The van der Waals surface area contributed by atoms with Crippen LogP contribution in [0.15, 0.2) is 61.3 Å². The predicted molar refractivity (Wildman–Crippen MR) is 85.5 cm³/mol. The van der Waals surface area contributed by atoms with Gasteiger partial charge in [0.25, 0.3) is 0 Å². The second kappa shape index (κ2) is 6.49. The molecule has 5 nitrogen and oxygen atoms in total. The van der Waals surface area contributed by atoms with E-state index in [0.717, 1.165) is 17.9 Å². The predicted octanol–water partition coefficient (Wildman–Crippen LogP) is 2.86. The highest BCUT2D eigenvalue weighted by Crippen LogP contribution is 2.19. The Labute approximate surface area is 130 Å². The van der Waals surface area contributed by atoms with Crippen molar-refractivity contribution in [3.05, 3.63) is 72.6 Å². The van der Waals surface area contributed by atoms with Gasteiger partial charge in [0.05, 0.1) is 11.4 Å². The fraction of sp³-hybridized carbons (Fsp3) is 0.235. The van der Waals surface area contributed by atoms with Crippen molar-refractivity contribution in [2.45, 2.75) is 19.5 Å². The molecule has 22 heavy (non-hydrogen) atoms. The molecular formula is C17H19N5. The summed E-state index contributed by atoms with van der Waals surface area (Å²) in [6.07, 6.45) is 5.08. The van der Waals surface area contributed by atoms with Crippen LogP contribution in [0, 0.1) is 0 Å². The summed E-state index contributed by atoms with van der Waals surface area (Å²) in [6.45, 7) is 3.04. The van der Waals surface area contributed by atoms with E-state index < -0.39 is 0 Å². The van der Waals surface area contributed by atoms with Crippen LogP contribution in [-0.4, -0.2) is 31.7 Å². The molecule has 2 aromatic heterocycles. The van der Waals surface area contributed by atoms with Gasteiger partial charge in [-0.05, 0) is 43.8 Å². The summed E-state index contributed by atoms with van der Waals surface area (Å²) in [5.74, 6) is 0. The van der Waals surface area contributed by atoms with E-state index >= 15 is 0 Å². The Hall–Kier alpha value is -2.53. The number of pyridine rings is 1. The summed E-state index contributed by atoms with van der Waals surface area (Å²) in [5, 5.41) is 4.13. The fourth-order valence-electron chi connectivity index (χ4n) is 2.37. The van der Waals surface area contributed by atoms with Crippen LogP contribution in [0.4, 0.5) is 0 Å². The van der Waals surface area contributed by atoms with Crippen molar-refractivity contribution >= 4 is 0 Å². The highest BCUT2D eigenvalue weighted by atomic mass is 15.3. The highest BCUT2D eigenvalue weighted by Gasteiger charge is 2.12. The van der Waals surface area contributed by atoms with Crippen molar-refractivity contribution < 1.29 is 0 Å². The molecule has 0 aliphatic rings. The third-order valence-electron chi connectivity index (χ3n) is 3.83. The molecule has 0 N–H and O–H groups in total. The van der Waals surface area contributed by atoms with E-state index in [4.69, 9.17) is 0 Å². The standard InChI is InChI=1S/C17H19N5/c1-14(17-5-3-4-10-19-17)21(2)11-15-6-8-16(9-7-15)22-13-18-12-20-22/h3-10,12-14H,11H2,1-2H3/t14-/m0/s1. The summed E-state index contributed by atoms with van der Waals surface area (Å²) < 4.78 is 1.75. The van der Waals surface area contributed by atoms with E-state index in [-0.39, 0.29) is 6.04 Å². The van der Waals surface area contributed by atoms with E-state index in [0.29, 0.717) is 0 Å². The van der Waals surface area contributed by atoms with Crippen LogP contribution in [0.1, 0.15) is 24.2 Å². The molecule has 0 aliphatic heterocycles. The molecule has 2 heterocycles. The maximum atomic E-state index is 4.43.